The van der Waals surface area contributed by atoms with E-state index < -0.39 is 6.36 Å². The van der Waals surface area contributed by atoms with Crippen LogP contribution >= 0.6 is 11.3 Å². The second-order valence-corrected chi connectivity index (χ2v) is 4.02. The smallest absolute Gasteiger partial charge is 0.406 e. The second-order valence-electron chi connectivity index (χ2n) is 2.96. The van der Waals surface area contributed by atoms with Crippen molar-refractivity contribution in [1.29, 1.82) is 0 Å². The van der Waals surface area contributed by atoms with Gasteiger partial charge in [0.15, 0.2) is 5.13 Å². The molecule has 0 bridgehead atoms. The van der Waals surface area contributed by atoms with Crippen LogP contribution in [0, 0.1) is 0 Å². The van der Waals surface area contributed by atoms with Crippen molar-refractivity contribution in [1.82, 2.24) is 4.98 Å². The number of hydrogen-bond acceptors (Lipinski definition) is 5. The molecule has 4 nitrogen and oxygen atoms in total. The van der Waals surface area contributed by atoms with E-state index in [9.17, 15) is 13.2 Å². The predicted molar refractivity (Wildman–Crippen MR) is 55.1 cm³/mol. The van der Waals surface area contributed by atoms with Crippen LogP contribution in [0.3, 0.4) is 0 Å². The van der Waals surface area contributed by atoms with E-state index in [0.717, 1.165) is 17.4 Å². The Kier molecular flexibility index (Phi) is 2.30. The van der Waals surface area contributed by atoms with Gasteiger partial charge in [0.05, 0.1) is 10.4 Å². The molecule has 0 saturated heterocycles. The lowest BCUT2D eigenvalue weighted by Gasteiger charge is -2.09. The molecule has 0 fully saturated rings. The van der Waals surface area contributed by atoms with E-state index in [0.29, 0.717) is 10.2 Å². The lowest BCUT2D eigenvalue weighted by atomic mass is 10.3. The molecule has 0 radical (unpaired) electrons. The minimum Gasteiger partial charge on any atom is -0.406 e. The summed E-state index contributed by atoms with van der Waals surface area (Å²) in [5.74, 6) is -0.374. The maximum atomic E-state index is 12.0. The van der Waals surface area contributed by atoms with Crippen molar-refractivity contribution in [3.8, 4) is 5.75 Å². The van der Waals surface area contributed by atoms with E-state index in [1.165, 1.54) is 6.07 Å². The van der Waals surface area contributed by atoms with Gasteiger partial charge >= 0.3 is 6.36 Å². The fraction of sp³-hybridized carbons (Fsp3) is 0.125. The first-order chi connectivity index (χ1) is 7.35. The topological polar surface area (TPSA) is 74.2 Å². The zero-order valence-corrected chi connectivity index (χ0v) is 8.52. The van der Waals surface area contributed by atoms with Gasteiger partial charge in [-0.1, -0.05) is 11.3 Å². The lowest BCUT2D eigenvalue weighted by Crippen LogP contribution is -2.17. The van der Waals surface area contributed by atoms with Crippen LogP contribution in [0.25, 0.3) is 10.2 Å². The Bertz CT molecular complexity index is 537. The molecule has 86 valence electrons. The van der Waals surface area contributed by atoms with Gasteiger partial charge in [0.2, 0.25) is 0 Å². The first kappa shape index (κ1) is 10.8. The van der Waals surface area contributed by atoms with Crippen molar-refractivity contribution >= 4 is 32.4 Å². The Morgan fingerprint density at radius 3 is 2.56 bits per heavy atom. The number of benzene rings is 1. The standard InChI is InChI=1S/C8H6F3N3OS/c9-8(10,11)15-3-1-4(12)6-5(2-3)16-7(13)14-6/h1-2H,12H2,(H2,13,14). The fourth-order valence-corrected chi connectivity index (χ4v) is 2.04. The Morgan fingerprint density at radius 2 is 1.94 bits per heavy atom. The SMILES string of the molecule is Nc1nc2c(N)cc(OC(F)(F)F)cc2s1. The fourth-order valence-electron chi connectivity index (χ4n) is 1.24. The molecule has 1 aromatic heterocycles. The monoisotopic (exact) mass is 249 g/mol. The summed E-state index contributed by atoms with van der Waals surface area (Å²) in [6, 6.07) is 2.27. The number of nitrogens with two attached hydrogens (primary N) is 2. The minimum absolute atomic E-state index is 0.102. The number of rotatable bonds is 1. The number of thiazole rings is 1. The molecule has 0 unspecified atom stereocenters. The highest BCUT2D eigenvalue weighted by Gasteiger charge is 2.31. The Balaban J connectivity index is 2.49. The van der Waals surface area contributed by atoms with Crippen LogP contribution in [0.4, 0.5) is 24.0 Å². The van der Waals surface area contributed by atoms with Gasteiger partial charge in [-0.05, 0) is 0 Å². The highest BCUT2D eigenvalue weighted by atomic mass is 32.1. The molecule has 0 aliphatic rings. The number of alkyl halides is 3. The minimum atomic E-state index is -4.74. The second kappa shape index (κ2) is 3.41. The van der Waals surface area contributed by atoms with E-state index in [-0.39, 0.29) is 16.6 Å². The summed E-state index contributed by atoms with van der Waals surface area (Å²) in [5.41, 5.74) is 11.4. The molecule has 0 aliphatic heterocycles. The molecule has 0 atom stereocenters. The van der Waals surface area contributed by atoms with Crippen LogP contribution < -0.4 is 16.2 Å². The molecule has 0 aliphatic carbocycles. The van der Waals surface area contributed by atoms with E-state index >= 15 is 0 Å². The summed E-state index contributed by atoms with van der Waals surface area (Å²) in [5, 5.41) is 0.242. The third kappa shape index (κ3) is 2.11. The zero-order chi connectivity index (χ0) is 11.9. The number of hydrogen-bond donors (Lipinski definition) is 2. The summed E-state index contributed by atoms with van der Waals surface area (Å²) in [7, 11) is 0. The average Bonchev–Trinajstić information content (AvgIpc) is 2.42. The van der Waals surface area contributed by atoms with Crippen molar-refractivity contribution in [2.24, 2.45) is 0 Å². The quantitative estimate of drug-likeness (QED) is 0.761. The van der Waals surface area contributed by atoms with Crippen molar-refractivity contribution in [2.45, 2.75) is 6.36 Å². The summed E-state index contributed by atoms with van der Waals surface area (Å²) < 4.78 is 40.1. The number of anilines is 2. The number of nitrogen functional groups attached to an aromatic ring is 2. The van der Waals surface area contributed by atoms with Crippen LogP contribution in [0.15, 0.2) is 12.1 Å². The molecule has 8 heteroatoms. The van der Waals surface area contributed by atoms with Gasteiger partial charge < -0.3 is 16.2 Å². The number of ether oxygens (including phenoxy) is 1. The molecule has 0 spiro atoms. The number of fused-ring (bicyclic) bond motifs is 1. The average molecular weight is 249 g/mol. The predicted octanol–water partition coefficient (Wildman–Crippen LogP) is 2.36. The first-order valence-corrected chi connectivity index (χ1v) is 4.88. The molecule has 0 amide bonds. The van der Waals surface area contributed by atoms with Gasteiger partial charge in [0.1, 0.15) is 11.3 Å². The highest BCUT2D eigenvalue weighted by Crippen LogP contribution is 2.34. The van der Waals surface area contributed by atoms with Gasteiger partial charge in [-0.3, -0.25) is 0 Å². The normalized spacial score (nSPS) is 11.9. The third-order valence-electron chi connectivity index (χ3n) is 1.75. The summed E-state index contributed by atoms with van der Waals surface area (Å²) in [6.45, 7) is 0. The van der Waals surface area contributed by atoms with E-state index in [2.05, 4.69) is 9.72 Å². The van der Waals surface area contributed by atoms with Crippen LogP contribution in [-0.4, -0.2) is 11.3 Å². The van der Waals surface area contributed by atoms with Crippen molar-refractivity contribution in [3.05, 3.63) is 12.1 Å². The van der Waals surface area contributed by atoms with E-state index in [4.69, 9.17) is 11.5 Å². The summed E-state index contributed by atoms with van der Waals surface area (Å²) in [6.07, 6.45) is -4.74. The van der Waals surface area contributed by atoms with E-state index in [1.807, 2.05) is 0 Å². The Morgan fingerprint density at radius 1 is 1.25 bits per heavy atom. The van der Waals surface area contributed by atoms with Crippen molar-refractivity contribution < 1.29 is 17.9 Å². The molecule has 0 saturated carbocycles. The molecule has 4 N–H and O–H groups in total. The molecule has 1 heterocycles. The van der Waals surface area contributed by atoms with Gasteiger partial charge in [-0.2, -0.15) is 0 Å². The number of halogens is 3. The molecule has 16 heavy (non-hydrogen) atoms. The van der Waals surface area contributed by atoms with Crippen LogP contribution in [-0.2, 0) is 0 Å². The van der Waals surface area contributed by atoms with Crippen molar-refractivity contribution in [2.75, 3.05) is 11.5 Å². The Hall–Kier alpha value is -1.70. The highest BCUT2D eigenvalue weighted by molar-refractivity contribution is 7.22. The Labute approximate surface area is 91.6 Å². The lowest BCUT2D eigenvalue weighted by molar-refractivity contribution is -0.274. The molecule has 2 rings (SSSR count). The summed E-state index contributed by atoms with van der Waals surface area (Å²) >= 11 is 1.05. The van der Waals surface area contributed by atoms with Crippen LogP contribution in [0.2, 0.25) is 0 Å². The number of aromatic nitrogens is 1. The number of nitrogens with zero attached hydrogens (tertiary/aromatic N) is 1. The zero-order valence-electron chi connectivity index (χ0n) is 7.71. The molecule has 1 aromatic carbocycles. The molecule has 2 aromatic rings. The van der Waals surface area contributed by atoms with Crippen molar-refractivity contribution in [3.63, 3.8) is 0 Å². The van der Waals surface area contributed by atoms with Gasteiger partial charge in [0.25, 0.3) is 0 Å². The summed E-state index contributed by atoms with van der Waals surface area (Å²) in [4.78, 5) is 3.88. The third-order valence-corrected chi connectivity index (χ3v) is 2.58. The molecular weight excluding hydrogens is 243 g/mol. The van der Waals surface area contributed by atoms with Gasteiger partial charge in [0, 0.05) is 12.1 Å². The van der Waals surface area contributed by atoms with Gasteiger partial charge in [-0.25, -0.2) is 4.98 Å². The largest absolute Gasteiger partial charge is 0.573 e. The maximum Gasteiger partial charge on any atom is 0.573 e. The molecular formula is C8H6F3N3OS. The van der Waals surface area contributed by atoms with Crippen LogP contribution in [0.5, 0.6) is 5.75 Å². The maximum absolute atomic E-state index is 12.0. The van der Waals surface area contributed by atoms with Crippen LogP contribution in [0.1, 0.15) is 0 Å². The van der Waals surface area contributed by atoms with Gasteiger partial charge in [-0.15, -0.1) is 13.2 Å². The first-order valence-electron chi connectivity index (χ1n) is 4.06. The van der Waals surface area contributed by atoms with E-state index in [1.54, 1.807) is 0 Å².